The van der Waals surface area contributed by atoms with Gasteiger partial charge in [-0.05, 0) is 47.9 Å². The van der Waals surface area contributed by atoms with Crippen LogP contribution >= 0.6 is 23.8 Å². The Hall–Kier alpha value is -3.20. The molecule has 1 unspecified atom stereocenters. The first-order valence-electron chi connectivity index (χ1n) is 9.05. The molecule has 1 amide bonds. The molecule has 142 valence electrons. The Labute approximate surface area is 178 Å². The van der Waals surface area contributed by atoms with Gasteiger partial charge in [0.2, 0.25) is 0 Å². The van der Waals surface area contributed by atoms with E-state index in [1.54, 1.807) is 12.1 Å². The van der Waals surface area contributed by atoms with Crippen LogP contribution in [0.15, 0.2) is 78.5 Å². The van der Waals surface area contributed by atoms with E-state index < -0.39 is 5.91 Å². The molecule has 2 aromatic carbocycles. The van der Waals surface area contributed by atoms with Crippen molar-refractivity contribution >= 4 is 35.3 Å². The summed E-state index contributed by atoms with van der Waals surface area (Å²) in [6.45, 7) is 0. The highest BCUT2D eigenvalue weighted by atomic mass is 35.5. The number of carbonyl (C=O) groups excluding carboxylic acids is 1. The number of halogens is 1. The van der Waals surface area contributed by atoms with E-state index in [0.29, 0.717) is 21.7 Å². The van der Waals surface area contributed by atoms with Gasteiger partial charge in [-0.1, -0.05) is 60.2 Å². The van der Waals surface area contributed by atoms with Gasteiger partial charge in [-0.3, -0.25) is 4.79 Å². The summed E-state index contributed by atoms with van der Waals surface area (Å²) in [5, 5.41) is 13.2. The van der Waals surface area contributed by atoms with Crippen LogP contribution in [0.5, 0.6) is 0 Å². The first-order valence-corrected chi connectivity index (χ1v) is 9.84. The van der Waals surface area contributed by atoms with Crippen molar-refractivity contribution in [1.82, 2.24) is 9.88 Å². The number of nitriles is 1. The van der Waals surface area contributed by atoms with Gasteiger partial charge >= 0.3 is 0 Å². The van der Waals surface area contributed by atoms with E-state index in [1.165, 1.54) is 0 Å². The molecule has 0 saturated carbocycles. The van der Waals surface area contributed by atoms with Crippen molar-refractivity contribution < 1.29 is 4.79 Å². The summed E-state index contributed by atoms with van der Waals surface area (Å²) < 4.78 is 2.45. The third kappa shape index (κ3) is 3.73. The molecular weight excluding hydrogens is 402 g/mol. The monoisotopic (exact) mass is 417 g/mol. The lowest BCUT2D eigenvalue weighted by atomic mass is 9.88. The third-order valence-electron chi connectivity index (χ3n) is 4.93. The molecule has 3 aromatic rings. The maximum Gasteiger partial charge on any atom is 0.262 e. The van der Waals surface area contributed by atoms with Crippen LogP contribution in [0.2, 0.25) is 5.02 Å². The fourth-order valence-electron chi connectivity index (χ4n) is 3.50. The molecule has 2 heterocycles. The van der Waals surface area contributed by atoms with E-state index >= 15 is 0 Å². The number of rotatable bonds is 3. The van der Waals surface area contributed by atoms with Gasteiger partial charge in [0.15, 0.2) is 0 Å². The molecule has 4 nitrogen and oxygen atoms in total. The number of hydrogen-bond donors (Lipinski definition) is 1. The number of nitrogens with zero attached hydrogens (tertiary/aromatic N) is 2. The Morgan fingerprint density at radius 1 is 1.07 bits per heavy atom. The van der Waals surface area contributed by atoms with E-state index in [2.05, 4.69) is 11.4 Å². The zero-order valence-electron chi connectivity index (χ0n) is 15.3. The molecule has 0 aliphatic carbocycles. The fourth-order valence-corrected chi connectivity index (χ4v) is 3.98. The van der Waals surface area contributed by atoms with E-state index in [1.807, 2.05) is 65.4 Å². The summed E-state index contributed by atoms with van der Waals surface area (Å²) in [5.41, 5.74) is 3.33. The Balaban J connectivity index is 1.82. The SMILES string of the molecule is N#CC1=C(c2cccn(-c3ccccc3)c2=S)CC(c2ccc(Cl)cc2)NC1=O. The summed E-state index contributed by atoms with van der Waals surface area (Å²) in [6.07, 6.45) is 2.35. The minimum Gasteiger partial charge on any atom is -0.344 e. The fraction of sp³-hybridized carbons (Fsp3) is 0.0870. The molecule has 0 saturated heterocycles. The molecular formula is C23H16ClN3OS. The van der Waals surface area contributed by atoms with E-state index in [9.17, 15) is 10.1 Å². The van der Waals surface area contributed by atoms with Crippen LogP contribution in [-0.2, 0) is 4.79 Å². The number of benzene rings is 2. The Bertz CT molecular complexity index is 1210. The van der Waals surface area contributed by atoms with Crippen molar-refractivity contribution in [2.45, 2.75) is 12.5 Å². The topological polar surface area (TPSA) is 57.8 Å². The van der Waals surface area contributed by atoms with Crippen LogP contribution < -0.4 is 5.32 Å². The summed E-state index contributed by atoms with van der Waals surface area (Å²) in [5.74, 6) is -0.391. The molecule has 0 bridgehead atoms. The second kappa shape index (κ2) is 8.04. The molecule has 1 atom stereocenters. The minimum absolute atomic E-state index is 0.104. The van der Waals surface area contributed by atoms with Gasteiger partial charge in [0.05, 0.1) is 6.04 Å². The molecule has 4 rings (SSSR count). The normalized spacial score (nSPS) is 16.3. The molecule has 0 fully saturated rings. The lowest BCUT2D eigenvalue weighted by Gasteiger charge is -2.27. The van der Waals surface area contributed by atoms with E-state index in [0.717, 1.165) is 16.8 Å². The smallest absolute Gasteiger partial charge is 0.262 e. The Morgan fingerprint density at radius 2 is 1.79 bits per heavy atom. The molecule has 1 aliphatic heterocycles. The zero-order chi connectivity index (χ0) is 20.4. The summed E-state index contributed by atoms with van der Waals surface area (Å²) >= 11 is 11.7. The molecule has 1 aromatic heterocycles. The molecule has 1 aliphatic rings. The number of carbonyl (C=O) groups is 1. The van der Waals surface area contributed by atoms with Gasteiger partial charge in [-0.15, -0.1) is 0 Å². The third-order valence-corrected chi connectivity index (χ3v) is 5.60. The highest BCUT2D eigenvalue weighted by molar-refractivity contribution is 7.71. The van der Waals surface area contributed by atoms with Crippen LogP contribution in [0.3, 0.4) is 0 Å². The van der Waals surface area contributed by atoms with Crippen molar-refractivity contribution in [3.05, 3.63) is 99.3 Å². The highest BCUT2D eigenvalue weighted by Gasteiger charge is 2.29. The van der Waals surface area contributed by atoms with Crippen LogP contribution in [0.1, 0.15) is 23.6 Å². The van der Waals surface area contributed by atoms with E-state index in [-0.39, 0.29) is 11.6 Å². The molecule has 6 heteroatoms. The molecule has 0 spiro atoms. The molecule has 29 heavy (non-hydrogen) atoms. The predicted octanol–water partition coefficient (Wildman–Crippen LogP) is 5.40. The second-order valence-corrected chi connectivity index (χ2v) is 7.50. The quantitative estimate of drug-likeness (QED) is 0.580. The summed E-state index contributed by atoms with van der Waals surface area (Å²) in [4.78, 5) is 12.7. The lowest BCUT2D eigenvalue weighted by molar-refractivity contribution is -0.118. The standard InChI is InChI=1S/C23H16ClN3OS/c24-16-10-8-15(9-11-16)21-13-19(20(14-25)22(28)26-21)18-7-4-12-27(23(18)29)17-5-2-1-3-6-17/h1-12,21H,13H2,(H,26,28). The van der Waals surface area contributed by atoms with Gasteiger partial charge in [0, 0.05) is 22.5 Å². The van der Waals surface area contributed by atoms with Crippen LogP contribution in [-0.4, -0.2) is 10.5 Å². The van der Waals surface area contributed by atoms with Gasteiger partial charge in [0.25, 0.3) is 5.91 Å². The van der Waals surface area contributed by atoms with Crippen LogP contribution in [0.25, 0.3) is 11.3 Å². The maximum absolute atomic E-state index is 12.7. The van der Waals surface area contributed by atoms with Crippen molar-refractivity contribution in [3.63, 3.8) is 0 Å². The van der Waals surface area contributed by atoms with Crippen LogP contribution in [0, 0.1) is 16.0 Å². The van der Waals surface area contributed by atoms with E-state index in [4.69, 9.17) is 23.8 Å². The van der Waals surface area contributed by atoms with Gasteiger partial charge in [0.1, 0.15) is 16.3 Å². The number of para-hydroxylation sites is 1. The van der Waals surface area contributed by atoms with Crippen molar-refractivity contribution in [2.24, 2.45) is 0 Å². The van der Waals surface area contributed by atoms with Crippen molar-refractivity contribution in [1.29, 1.82) is 5.26 Å². The minimum atomic E-state index is -0.391. The largest absolute Gasteiger partial charge is 0.344 e. The Morgan fingerprint density at radius 3 is 2.48 bits per heavy atom. The van der Waals surface area contributed by atoms with Gasteiger partial charge < -0.3 is 9.88 Å². The first kappa shape index (κ1) is 19.1. The van der Waals surface area contributed by atoms with Crippen molar-refractivity contribution in [3.8, 4) is 11.8 Å². The number of hydrogen-bond acceptors (Lipinski definition) is 3. The number of pyridine rings is 1. The molecule has 0 radical (unpaired) electrons. The maximum atomic E-state index is 12.7. The average molecular weight is 418 g/mol. The number of aromatic nitrogens is 1. The summed E-state index contributed by atoms with van der Waals surface area (Å²) in [6, 6.07) is 22.6. The number of nitrogens with one attached hydrogen (secondary N) is 1. The lowest BCUT2D eigenvalue weighted by Crippen LogP contribution is -2.34. The first-order chi connectivity index (χ1) is 14.1. The summed E-state index contributed by atoms with van der Waals surface area (Å²) in [7, 11) is 0. The van der Waals surface area contributed by atoms with Gasteiger partial charge in [-0.2, -0.15) is 5.26 Å². The van der Waals surface area contributed by atoms with Crippen molar-refractivity contribution in [2.75, 3.05) is 0 Å². The van der Waals surface area contributed by atoms with Crippen LogP contribution in [0.4, 0.5) is 0 Å². The molecule has 1 N–H and O–H groups in total. The van der Waals surface area contributed by atoms with Gasteiger partial charge in [-0.25, -0.2) is 0 Å². The Kier molecular flexibility index (Phi) is 5.30. The zero-order valence-corrected chi connectivity index (χ0v) is 16.9. The second-order valence-electron chi connectivity index (χ2n) is 6.68. The number of amides is 1. The average Bonchev–Trinajstić information content (AvgIpc) is 2.74. The highest BCUT2D eigenvalue weighted by Crippen LogP contribution is 2.35. The predicted molar refractivity (Wildman–Crippen MR) is 116 cm³/mol.